The molecule has 1 aliphatic carbocycles. The molecule has 1 atom stereocenters. The molecule has 21 heavy (non-hydrogen) atoms. The highest BCUT2D eigenvalue weighted by atomic mass is 32.1. The molecule has 2 aromatic rings. The number of hydrogen-bond donors (Lipinski definition) is 1. The maximum atomic E-state index is 5.92. The minimum atomic E-state index is 0.527. The molecule has 0 fully saturated rings. The van der Waals surface area contributed by atoms with E-state index in [0.29, 0.717) is 12.6 Å². The Hall–Kier alpha value is -1.32. The van der Waals surface area contributed by atoms with Crippen molar-refractivity contribution >= 4 is 11.3 Å². The Morgan fingerprint density at radius 2 is 2.29 bits per heavy atom. The van der Waals surface area contributed by atoms with Crippen LogP contribution in [0.15, 0.2) is 35.0 Å². The summed E-state index contributed by atoms with van der Waals surface area (Å²) < 4.78 is 5.92. The van der Waals surface area contributed by atoms with E-state index in [1.54, 1.807) is 11.3 Å². The summed E-state index contributed by atoms with van der Waals surface area (Å²) in [5, 5.41) is 7.90. The Bertz CT molecular complexity index is 565. The number of hydrogen-bond acceptors (Lipinski definition) is 3. The first kappa shape index (κ1) is 14.6. The highest BCUT2D eigenvalue weighted by molar-refractivity contribution is 7.07. The van der Waals surface area contributed by atoms with Crippen LogP contribution in [-0.2, 0) is 13.0 Å². The molecule has 1 aromatic heterocycles. The van der Waals surface area contributed by atoms with Gasteiger partial charge in [-0.2, -0.15) is 11.3 Å². The van der Waals surface area contributed by atoms with E-state index >= 15 is 0 Å². The fourth-order valence-corrected chi connectivity index (χ4v) is 3.61. The molecule has 1 aromatic carbocycles. The van der Waals surface area contributed by atoms with Crippen molar-refractivity contribution < 1.29 is 4.74 Å². The SMILES string of the molecule is CCCNC1CCCc2cc(OCc3ccsc3)ccc21. The zero-order valence-electron chi connectivity index (χ0n) is 12.6. The third kappa shape index (κ3) is 3.66. The molecule has 0 aliphatic heterocycles. The van der Waals surface area contributed by atoms with Crippen molar-refractivity contribution in [2.75, 3.05) is 6.54 Å². The summed E-state index contributed by atoms with van der Waals surface area (Å²) in [6, 6.07) is 9.26. The molecule has 0 spiro atoms. The van der Waals surface area contributed by atoms with E-state index in [0.717, 1.165) is 12.3 Å². The standard InChI is InChI=1S/C18H23NOS/c1-2-9-19-18-5-3-4-15-11-16(6-7-17(15)18)20-12-14-8-10-21-13-14/h6-8,10-11,13,18-19H,2-5,9,12H2,1H3. The zero-order chi connectivity index (χ0) is 14.5. The predicted octanol–water partition coefficient (Wildman–Crippen LogP) is 4.70. The third-order valence-electron chi connectivity index (χ3n) is 4.06. The van der Waals surface area contributed by atoms with Gasteiger partial charge < -0.3 is 10.1 Å². The van der Waals surface area contributed by atoms with Crippen molar-refractivity contribution in [3.05, 3.63) is 51.7 Å². The largest absolute Gasteiger partial charge is 0.489 e. The second-order valence-electron chi connectivity index (χ2n) is 5.68. The van der Waals surface area contributed by atoms with E-state index in [-0.39, 0.29) is 0 Å². The first-order valence-corrected chi connectivity index (χ1v) is 8.81. The maximum absolute atomic E-state index is 5.92. The van der Waals surface area contributed by atoms with Crippen molar-refractivity contribution in [1.29, 1.82) is 0 Å². The van der Waals surface area contributed by atoms with Crippen LogP contribution in [0.2, 0.25) is 0 Å². The summed E-state index contributed by atoms with van der Waals surface area (Å²) in [4.78, 5) is 0. The minimum Gasteiger partial charge on any atom is -0.489 e. The summed E-state index contributed by atoms with van der Waals surface area (Å²) in [5.74, 6) is 0.996. The number of rotatable bonds is 6. The van der Waals surface area contributed by atoms with E-state index in [2.05, 4.69) is 47.3 Å². The Labute approximate surface area is 131 Å². The second-order valence-corrected chi connectivity index (χ2v) is 6.46. The lowest BCUT2D eigenvalue weighted by atomic mass is 9.87. The van der Waals surface area contributed by atoms with Gasteiger partial charge in [-0.15, -0.1) is 0 Å². The number of aryl methyl sites for hydroxylation is 1. The van der Waals surface area contributed by atoms with Gasteiger partial charge in [0.25, 0.3) is 0 Å². The van der Waals surface area contributed by atoms with Crippen LogP contribution < -0.4 is 10.1 Å². The summed E-state index contributed by atoms with van der Waals surface area (Å²) in [7, 11) is 0. The van der Waals surface area contributed by atoms with Crippen LogP contribution in [0.3, 0.4) is 0 Å². The van der Waals surface area contributed by atoms with Crippen molar-refractivity contribution in [2.45, 2.75) is 45.3 Å². The van der Waals surface area contributed by atoms with Crippen molar-refractivity contribution in [3.8, 4) is 5.75 Å². The Morgan fingerprint density at radius 1 is 1.33 bits per heavy atom. The summed E-state index contributed by atoms with van der Waals surface area (Å²) in [6.07, 6.45) is 4.88. The first-order chi connectivity index (χ1) is 10.4. The third-order valence-corrected chi connectivity index (χ3v) is 4.79. The van der Waals surface area contributed by atoms with Gasteiger partial charge in [0.2, 0.25) is 0 Å². The van der Waals surface area contributed by atoms with Gasteiger partial charge in [0, 0.05) is 6.04 Å². The van der Waals surface area contributed by atoms with Gasteiger partial charge in [-0.1, -0.05) is 13.0 Å². The molecule has 0 bridgehead atoms. The average Bonchev–Trinajstić information content (AvgIpc) is 3.04. The Balaban J connectivity index is 1.68. The van der Waals surface area contributed by atoms with Gasteiger partial charge in [0.15, 0.2) is 0 Å². The molecular formula is C18H23NOS. The Morgan fingerprint density at radius 3 is 3.10 bits per heavy atom. The van der Waals surface area contributed by atoms with Gasteiger partial charge in [0.1, 0.15) is 12.4 Å². The number of ether oxygens (including phenoxy) is 1. The fraction of sp³-hybridized carbons (Fsp3) is 0.444. The van der Waals surface area contributed by atoms with E-state index < -0.39 is 0 Å². The van der Waals surface area contributed by atoms with Gasteiger partial charge in [-0.25, -0.2) is 0 Å². The number of fused-ring (bicyclic) bond motifs is 1. The number of thiophene rings is 1. The highest BCUT2D eigenvalue weighted by Crippen LogP contribution is 2.32. The van der Waals surface area contributed by atoms with Gasteiger partial charge in [-0.3, -0.25) is 0 Å². The first-order valence-electron chi connectivity index (χ1n) is 7.87. The predicted molar refractivity (Wildman–Crippen MR) is 89.1 cm³/mol. The van der Waals surface area contributed by atoms with E-state index in [4.69, 9.17) is 4.74 Å². The number of benzene rings is 1. The van der Waals surface area contributed by atoms with Crippen molar-refractivity contribution in [2.24, 2.45) is 0 Å². The molecule has 3 rings (SSSR count). The van der Waals surface area contributed by atoms with Gasteiger partial charge >= 0.3 is 0 Å². The second kappa shape index (κ2) is 7.10. The molecule has 1 heterocycles. The van der Waals surface area contributed by atoms with E-state index in [1.807, 2.05) is 0 Å². The van der Waals surface area contributed by atoms with Crippen molar-refractivity contribution in [1.82, 2.24) is 5.32 Å². The van der Waals surface area contributed by atoms with Crippen LogP contribution in [0.4, 0.5) is 0 Å². The van der Waals surface area contributed by atoms with Gasteiger partial charge in [0.05, 0.1) is 0 Å². The lowest BCUT2D eigenvalue weighted by Crippen LogP contribution is -2.25. The van der Waals surface area contributed by atoms with Crippen LogP contribution in [0.1, 0.15) is 48.9 Å². The molecule has 1 N–H and O–H groups in total. The van der Waals surface area contributed by atoms with Crippen LogP contribution >= 0.6 is 11.3 Å². The molecular weight excluding hydrogens is 278 g/mol. The molecule has 0 radical (unpaired) electrons. The average molecular weight is 301 g/mol. The lowest BCUT2D eigenvalue weighted by molar-refractivity contribution is 0.306. The zero-order valence-corrected chi connectivity index (χ0v) is 13.4. The number of nitrogens with one attached hydrogen (secondary N) is 1. The molecule has 1 unspecified atom stereocenters. The summed E-state index contributed by atoms with van der Waals surface area (Å²) >= 11 is 1.72. The Kier molecular flexibility index (Phi) is 4.94. The molecule has 0 saturated carbocycles. The van der Waals surface area contributed by atoms with Gasteiger partial charge in [-0.05, 0) is 77.9 Å². The maximum Gasteiger partial charge on any atom is 0.120 e. The molecule has 2 nitrogen and oxygen atoms in total. The monoisotopic (exact) mass is 301 g/mol. The summed E-state index contributed by atoms with van der Waals surface area (Å²) in [5.41, 5.74) is 4.18. The van der Waals surface area contributed by atoms with Crippen LogP contribution in [-0.4, -0.2) is 6.54 Å². The van der Waals surface area contributed by atoms with E-state index in [1.165, 1.54) is 42.4 Å². The van der Waals surface area contributed by atoms with Crippen LogP contribution in [0.25, 0.3) is 0 Å². The summed E-state index contributed by atoms with van der Waals surface area (Å²) in [6.45, 7) is 3.98. The molecule has 1 aliphatic rings. The van der Waals surface area contributed by atoms with E-state index in [9.17, 15) is 0 Å². The lowest BCUT2D eigenvalue weighted by Gasteiger charge is -2.27. The molecule has 0 saturated heterocycles. The molecule has 112 valence electrons. The fourth-order valence-electron chi connectivity index (χ4n) is 2.95. The highest BCUT2D eigenvalue weighted by Gasteiger charge is 2.19. The molecule has 0 amide bonds. The smallest absolute Gasteiger partial charge is 0.120 e. The van der Waals surface area contributed by atoms with Crippen LogP contribution in [0, 0.1) is 0 Å². The topological polar surface area (TPSA) is 21.3 Å². The van der Waals surface area contributed by atoms with Crippen LogP contribution in [0.5, 0.6) is 5.75 Å². The normalized spacial score (nSPS) is 17.5. The minimum absolute atomic E-state index is 0.527. The molecule has 3 heteroatoms. The van der Waals surface area contributed by atoms with Crippen molar-refractivity contribution in [3.63, 3.8) is 0 Å². The quantitative estimate of drug-likeness (QED) is 0.834.